The molecule has 5 heteroatoms. The highest BCUT2D eigenvalue weighted by Gasteiger charge is 2.26. The number of nitrogens with two attached hydrogens (primary N) is 1. The predicted molar refractivity (Wildman–Crippen MR) is 107 cm³/mol. The second kappa shape index (κ2) is 6.21. The van der Waals surface area contributed by atoms with Gasteiger partial charge in [-0.2, -0.15) is 4.98 Å². The Balaban J connectivity index is 1.77. The van der Waals surface area contributed by atoms with Crippen molar-refractivity contribution in [2.75, 3.05) is 5.73 Å². The number of benzene rings is 2. The van der Waals surface area contributed by atoms with Crippen molar-refractivity contribution in [3.63, 3.8) is 0 Å². The van der Waals surface area contributed by atoms with E-state index in [0.29, 0.717) is 5.65 Å². The van der Waals surface area contributed by atoms with Crippen LogP contribution >= 0.6 is 0 Å². The summed E-state index contributed by atoms with van der Waals surface area (Å²) in [6.45, 7) is -0.0487. The molecule has 2 aromatic heterocycles. The molecule has 1 fully saturated rings. The average Bonchev–Trinajstić information content (AvgIpc) is 3.47. The second-order valence-electron chi connectivity index (χ2n) is 6.86. The summed E-state index contributed by atoms with van der Waals surface area (Å²) in [5, 5.41) is 10.9. The van der Waals surface area contributed by atoms with Gasteiger partial charge in [-0.1, -0.05) is 48.5 Å². The van der Waals surface area contributed by atoms with Gasteiger partial charge in [-0.3, -0.25) is 0 Å². The van der Waals surface area contributed by atoms with Crippen molar-refractivity contribution in [2.24, 2.45) is 0 Å². The van der Waals surface area contributed by atoms with Crippen LogP contribution in [0.2, 0.25) is 0 Å². The largest absolute Gasteiger partial charge is 0.392 e. The molecule has 4 aromatic rings. The monoisotopic (exact) mass is 355 g/mol. The number of aliphatic hydroxyl groups excluding tert-OH is 1. The van der Waals surface area contributed by atoms with Crippen molar-refractivity contribution in [3.05, 3.63) is 71.8 Å². The molecule has 0 unspecified atom stereocenters. The number of hydrogen-bond donors (Lipinski definition) is 3. The van der Waals surface area contributed by atoms with Gasteiger partial charge in [0, 0.05) is 23.2 Å². The van der Waals surface area contributed by atoms with Gasteiger partial charge < -0.3 is 15.8 Å². The van der Waals surface area contributed by atoms with E-state index in [0.717, 1.165) is 46.2 Å². The van der Waals surface area contributed by atoms with Gasteiger partial charge in [0.25, 0.3) is 0 Å². The number of nitrogens with zero attached hydrogens (tertiary/aromatic N) is 2. The zero-order valence-corrected chi connectivity index (χ0v) is 14.7. The number of nitrogens with one attached hydrogen (secondary N) is 1. The zero-order chi connectivity index (χ0) is 18.4. The van der Waals surface area contributed by atoms with Crippen LogP contribution in [-0.4, -0.2) is 20.1 Å². The Morgan fingerprint density at radius 3 is 2.52 bits per heavy atom. The molecule has 1 aliphatic carbocycles. The highest BCUT2D eigenvalue weighted by molar-refractivity contribution is 6.03. The Bertz CT molecular complexity index is 1130. The van der Waals surface area contributed by atoms with Crippen molar-refractivity contribution >= 4 is 17.0 Å². The molecular formula is C22H19N4O. The fourth-order valence-electron chi connectivity index (χ4n) is 3.62. The van der Waals surface area contributed by atoms with E-state index in [1.807, 2.05) is 30.5 Å². The van der Waals surface area contributed by atoms with Crippen LogP contribution in [0.4, 0.5) is 5.95 Å². The first-order valence-electron chi connectivity index (χ1n) is 9.04. The topological polar surface area (TPSA) is 87.8 Å². The summed E-state index contributed by atoms with van der Waals surface area (Å²) >= 11 is 0. The first-order chi connectivity index (χ1) is 13.2. The molecule has 0 bridgehead atoms. The molecule has 0 atom stereocenters. The van der Waals surface area contributed by atoms with E-state index in [1.165, 1.54) is 11.5 Å². The van der Waals surface area contributed by atoms with E-state index < -0.39 is 0 Å². The number of H-pyrrole nitrogens is 1. The smallest absolute Gasteiger partial charge is 0.222 e. The maximum atomic E-state index is 9.99. The molecule has 0 spiro atoms. The second-order valence-corrected chi connectivity index (χ2v) is 6.86. The minimum absolute atomic E-state index is 0.0487. The van der Waals surface area contributed by atoms with Crippen molar-refractivity contribution in [2.45, 2.75) is 19.4 Å². The van der Waals surface area contributed by atoms with Gasteiger partial charge in [-0.05, 0) is 29.5 Å². The fraction of sp³-hybridized carbons (Fsp3) is 0.136. The highest BCUT2D eigenvalue weighted by Crippen LogP contribution is 2.41. The molecule has 5 rings (SSSR count). The van der Waals surface area contributed by atoms with E-state index >= 15 is 0 Å². The van der Waals surface area contributed by atoms with Crippen molar-refractivity contribution < 1.29 is 5.11 Å². The first-order valence-corrected chi connectivity index (χ1v) is 9.04. The van der Waals surface area contributed by atoms with Crippen LogP contribution in [0.3, 0.4) is 0 Å². The summed E-state index contributed by atoms with van der Waals surface area (Å²) in [6, 6.07) is 16.3. The molecule has 133 valence electrons. The van der Waals surface area contributed by atoms with Gasteiger partial charge in [0.2, 0.25) is 5.95 Å². The van der Waals surface area contributed by atoms with Crippen LogP contribution in [0.25, 0.3) is 33.4 Å². The number of anilines is 1. The lowest BCUT2D eigenvalue weighted by molar-refractivity contribution is 0.282. The lowest BCUT2D eigenvalue weighted by Gasteiger charge is -2.12. The number of aromatic nitrogens is 3. The number of aliphatic hydroxyl groups is 1. The van der Waals surface area contributed by atoms with Gasteiger partial charge >= 0.3 is 0 Å². The Hall–Kier alpha value is -3.18. The SMILES string of the molecule is Nc1nc(-c2ccc([C]3CC3)cc2CO)c2c(-c3ccccc3)c[nH]c2n1. The Morgan fingerprint density at radius 2 is 1.78 bits per heavy atom. The molecule has 1 aliphatic rings. The van der Waals surface area contributed by atoms with Crippen LogP contribution < -0.4 is 5.73 Å². The van der Waals surface area contributed by atoms with E-state index in [2.05, 4.69) is 39.2 Å². The molecule has 4 N–H and O–H groups in total. The van der Waals surface area contributed by atoms with Gasteiger partial charge in [-0.15, -0.1) is 0 Å². The van der Waals surface area contributed by atoms with Crippen LogP contribution in [0, 0.1) is 5.92 Å². The number of nitrogen functional groups attached to an aromatic ring is 1. The number of fused-ring (bicyclic) bond motifs is 1. The molecule has 0 aliphatic heterocycles. The molecule has 2 aromatic carbocycles. The molecule has 1 radical (unpaired) electrons. The van der Waals surface area contributed by atoms with Gasteiger partial charge in [-0.25, -0.2) is 4.98 Å². The van der Waals surface area contributed by atoms with E-state index in [4.69, 9.17) is 5.73 Å². The Kier molecular flexibility index (Phi) is 3.69. The average molecular weight is 355 g/mol. The lowest BCUT2D eigenvalue weighted by Crippen LogP contribution is -2.00. The molecule has 5 nitrogen and oxygen atoms in total. The van der Waals surface area contributed by atoms with Gasteiger partial charge in [0.1, 0.15) is 5.65 Å². The summed E-state index contributed by atoms with van der Waals surface area (Å²) in [5.41, 5.74) is 12.5. The van der Waals surface area contributed by atoms with E-state index in [-0.39, 0.29) is 12.6 Å². The molecule has 1 saturated carbocycles. The fourth-order valence-corrected chi connectivity index (χ4v) is 3.62. The minimum atomic E-state index is -0.0487. The Labute approximate surface area is 156 Å². The Morgan fingerprint density at radius 1 is 0.963 bits per heavy atom. The van der Waals surface area contributed by atoms with Crippen molar-refractivity contribution in [1.29, 1.82) is 0 Å². The van der Waals surface area contributed by atoms with Crippen LogP contribution in [0.5, 0.6) is 0 Å². The van der Waals surface area contributed by atoms with Crippen molar-refractivity contribution in [1.82, 2.24) is 15.0 Å². The van der Waals surface area contributed by atoms with Gasteiger partial charge in [0.15, 0.2) is 0 Å². The van der Waals surface area contributed by atoms with Gasteiger partial charge in [0.05, 0.1) is 17.7 Å². The number of hydrogen-bond acceptors (Lipinski definition) is 4. The minimum Gasteiger partial charge on any atom is -0.392 e. The van der Waals surface area contributed by atoms with Crippen molar-refractivity contribution in [3.8, 4) is 22.4 Å². The standard InChI is InChI=1S/C22H19N4O/c23-22-25-20(17-9-8-15(13-6-7-13)10-16(17)12-27)19-18(11-24-21(19)26-22)14-4-2-1-3-5-14/h1-5,8-11,27H,6-7,12H2,(H3,23,24,25,26). The van der Waals surface area contributed by atoms with Crippen LogP contribution in [0.1, 0.15) is 24.0 Å². The number of aromatic amines is 1. The molecule has 0 saturated heterocycles. The summed E-state index contributed by atoms with van der Waals surface area (Å²) in [7, 11) is 0. The summed E-state index contributed by atoms with van der Waals surface area (Å²) in [6.07, 6.45) is 4.22. The van der Waals surface area contributed by atoms with Crippen LogP contribution in [0.15, 0.2) is 54.7 Å². The maximum absolute atomic E-state index is 9.99. The van der Waals surface area contributed by atoms with E-state index in [1.54, 1.807) is 0 Å². The third kappa shape index (κ3) is 2.76. The predicted octanol–water partition coefficient (Wildman–Crippen LogP) is 4.08. The summed E-state index contributed by atoms with van der Waals surface area (Å²) in [4.78, 5) is 12.1. The summed E-state index contributed by atoms with van der Waals surface area (Å²) < 4.78 is 0. The molecule has 27 heavy (non-hydrogen) atoms. The quantitative estimate of drug-likeness (QED) is 0.515. The molecule has 2 heterocycles. The maximum Gasteiger partial charge on any atom is 0.222 e. The normalized spacial score (nSPS) is 14.0. The van der Waals surface area contributed by atoms with E-state index in [9.17, 15) is 5.11 Å². The summed E-state index contributed by atoms with van der Waals surface area (Å²) in [5.74, 6) is 1.65. The van der Waals surface area contributed by atoms with Crippen LogP contribution in [-0.2, 0) is 6.61 Å². The zero-order valence-electron chi connectivity index (χ0n) is 14.7. The third-order valence-corrected chi connectivity index (χ3v) is 5.07. The highest BCUT2D eigenvalue weighted by atomic mass is 16.3. The first kappa shape index (κ1) is 16.0. The molecular weight excluding hydrogens is 336 g/mol. The number of rotatable bonds is 4. The third-order valence-electron chi connectivity index (χ3n) is 5.07. The lowest BCUT2D eigenvalue weighted by atomic mass is 9.96. The molecule has 0 amide bonds.